The van der Waals surface area contributed by atoms with Crippen molar-refractivity contribution >= 4 is 0 Å². The summed E-state index contributed by atoms with van der Waals surface area (Å²) in [7, 11) is 0. The van der Waals surface area contributed by atoms with Gasteiger partial charge in [-0.05, 0) is 12.1 Å². The molecule has 0 aliphatic heterocycles. The molecule has 0 spiro atoms. The summed E-state index contributed by atoms with van der Waals surface area (Å²) in [6.07, 6.45) is -6.31. The minimum atomic E-state index is -4.43. The summed E-state index contributed by atoms with van der Waals surface area (Å²) in [5.41, 5.74) is -0.924. The van der Waals surface area contributed by atoms with Gasteiger partial charge in [-0.25, -0.2) is 4.39 Å². The predicted molar refractivity (Wildman–Crippen MR) is 40.9 cm³/mol. The van der Waals surface area contributed by atoms with Crippen molar-refractivity contribution in [3.63, 3.8) is 0 Å². The van der Waals surface area contributed by atoms with Crippen molar-refractivity contribution in [1.29, 1.82) is 5.26 Å². The second kappa shape index (κ2) is 3.66. The van der Waals surface area contributed by atoms with Crippen molar-refractivity contribution in [2.75, 3.05) is 0 Å². The van der Waals surface area contributed by atoms with Crippen molar-refractivity contribution in [2.45, 2.75) is 12.3 Å². The summed E-state index contributed by atoms with van der Waals surface area (Å²) in [5.74, 6) is 0. The molecule has 1 aromatic rings. The zero-order valence-electron chi connectivity index (χ0n) is 6.85. The highest BCUT2D eigenvalue weighted by molar-refractivity contribution is 5.28. The maximum atomic E-state index is 12.7. The van der Waals surface area contributed by atoms with Crippen LogP contribution in [0, 0.1) is 11.3 Å². The van der Waals surface area contributed by atoms with Crippen molar-refractivity contribution < 1.29 is 17.6 Å². The van der Waals surface area contributed by atoms with E-state index in [2.05, 4.69) is 0 Å². The molecule has 0 aliphatic rings. The van der Waals surface area contributed by atoms with Crippen molar-refractivity contribution in [3.05, 3.63) is 35.4 Å². The van der Waals surface area contributed by atoms with Gasteiger partial charge in [-0.2, -0.15) is 18.4 Å². The lowest BCUT2D eigenvalue weighted by atomic mass is 10.1. The maximum absolute atomic E-state index is 12.7. The van der Waals surface area contributed by atoms with Crippen molar-refractivity contribution in [2.24, 2.45) is 0 Å². The first-order valence-electron chi connectivity index (χ1n) is 3.66. The highest BCUT2D eigenvalue weighted by Gasteiger charge is 2.30. The highest BCUT2D eigenvalue weighted by Crippen LogP contribution is 2.30. The fourth-order valence-electron chi connectivity index (χ4n) is 0.916. The Morgan fingerprint density at radius 1 is 1.14 bits per heavy atom. The molecule has 0 radical (unpaired) electrons. The van der Waals surface area contributed by atoms with Crippen molar-refractivity contribution in [3.8, 4) is 6.07 Å². The minimum absolute atomic E-state index is 0.0690. The molecule has 1 unspecified atom stereocenters. The molecule has 0 bridgehead atoms. The third kappa shape index (κ3) is 2.22. The molecule has 0 saturated carbocycles. The molecule has 0 aliphatic carbocycles. The number of alkyl halides is 4. The predicted octanol–water partition coefficient (Wildman–Crippen LogP) is 3.24. The van der Waals surface area contributed by atoms with Crippen LogP contribution >= 0.6 is 0 Å². The summed E-state index contributed by atoms with van der Waals surface area (Å²) in [5, 5.41) is 8.17. The number of nitrogens with zero attached hydrogens (tertiary/aromatic N) is 1. The van der Waals surface area contributed by atoms with Crippen LogP contribution in [0.4, 0.5) is 17.6 Å². The van der Waals surface area contributed by atoms with Crippen LogP contribution in [0.1, 0.15) is 17.3 Å². The minimum Gasteiger partial charge on any atom is -0.226 e. The van der Waals surface area contributed by atoms with E-state index in [4.69, 9.17) is 5.26 Å². The molecular weight excluding hydrogens is 198 g/mol. The van der Waals surface area contributed by atoms with Gasteiger partial charge in [0.1, 0.15) is 6.07 Å². The van der Waals surface area contributed by atoms with Crippen LogP contribution in [0.2, 0.25) is 0 Å². The number of benzene rings is 1. The lowest BCUT2D eigenvalue weighted by Gasteiger charge is -2.06. The van der Waals surface area contributed by atoms with Gasteiger partial charge in [0.15, 0.2) is 0 Å². The topological polar surface area (TPSA) is 23.8 Å². The Morgan fingerprint density at radius 3 is 2.00 bits per heavy atom. The third-order valence-corrected chi connectivity index (χ3v) is 1.64. The molecule has 14 heavy (non-hydrogen) atoms. The van der Waals surface area contributed by atoms with Crippen molar-refractivity contribution in [1.82, 2.24) is 0 Å². The highest BCUT2D eigenvalue weighted by atomic mass is 19.4. The molecule has 1 rings (SSSR count). The van der Waals surface area contributed by atoms with Crippen LogP contribution < -0.4 is 0 Å². The molecule has 1 aromatic carbocycles. The number of hydrogen-bond donors (Lipinski definition) is 0. The summed E-state index contributed by atoms with van der Waals surface area (Å²) >= 11 is 0. The zero-order valence-corrected chi connectivity index (χ0v) is 6.85. The summed E-state index contributed by atoms with van der Waals surface area (Å²) in [4.78, 5) is 0. The fraction of sp³-hybridized carbons (Fsp3) is 0.222. The van der Waals surface area contributed by atoms with Gasteiger partial charge < -0.3 is 0 Å². The lowest BCUT2D eigenvalue weighted by molar-refractivity contribution is -0.137. The Bertz CT molecular complexity index is 347. The summed E-state index contributed by atoms with van der Waals surface area (Å²) in [6.45, 7) is 0. The smallest absolute Gasteiger partial charge is 0.226 e. The second-order valence-electron chi connectivity index (χ2n) is 2.61. The Morgan fingerprint density at radius 2 is 1.64 bits per heavy atom. The molecule has 0 aromatic heterocycles. The van der Waals surface area contributed by atoms with Crippen LogP contribution in [-0.4, -0.2) is 0 Å². The van der Waals surface area contributed by atoms with E-state index >= 15 is 0 Å². The van der Waals surface area contributed by atoms with Crippen LogP contribution in [-0.2, 0) is 6.18 Å². The molecular formula is C9H5F4N. The molecule has 0 fully saturated rings. The van der Waals surface area contributed by atoms with E-state index in [9.17, 15) is 17.6 Å². The Kier molecular flexibility index (Phi) is 2.75. The van der Waals surface area contributed by atoms with Gasteiger partial charge in [0.2, 0.25) is 6.17 Å². The summed E-state index contributed by atoms with van der Waals surface area (Å²) in [6, 6.07) is 4.70. The standard InChI is InChI=1S/C9H5F4N/c10-8(5-14)6-1-3-7(4-2-6)9(11,12)13/h1-4,8H. The first-order valence-corrected chi connectivity index (χ1v) is 3.66. The first-order chi connectivity index (χ1) is 6.45. The van der Waals surface area contributed by atoms with E-state index in [1.54, 1.807) is 0 Å². The van der Waals surface area contributed by atoms with Crippen LogP contribution in [0.25, 0.3) is 0 Å². The van der Waals surface area contributed by atoms with Gasteiger partial charge in [0.05, 0.1) is 5.56 Å². The second-order valence-corrected chi connectivity index (χ2v) is 2.61. The molecule has 1 atom stereocenters. The van der Waals surface area contributed by atoms with Crippen LogP contribution in [0.15, 0.2) is 24.3 Å². The van der Waals surface area contributed by atoms with E-state index in [-0.39, 0.29) is 5.56 Å². The number of halogens is 4. The molecule has 1 nitrogen and oxygen atoms in total. The van der Waals surface area contributed by atoms with Gasteiger partial charge >= 0.3 is 6.18 Å². The Balaban J connectivity index is 2.96. The van der Waals surface area contributed by atoms with Crippen LogP contribution in [0.5, 0.6) is 0 Å². The SMILES string of the molecule is N#CC(F)c1ccc(C(F)(F)F)cc1. The largest absolute Gasteiger partial charge is 0.416 e. The molecule has 74 valence electrons. The quantitative estimate of drug-likeness (QED) is 0.642. The summed E-state index contributed by atoms with van der Waals surface area (Å²) < 4.78 is 48.8. The molecule has 0 amide bonds. The normalized spacial score (nSPS) is 13.4. The number of nitriles is 1. The van der Waals surface area contributed by atoms with Gasteiger partial charge in [0, 0.05) is 5.56 Å². The monoisotopic (exact) mass is 203 g/mol. The Hall–Kier alpha value is -1.57. The first kappa shape index (κ1) is 10.5. The van der Waals surface area contributed by atoms with E-state index in [0.29, 0.717) is 0 Å². The van der Waals surface area contributed by atoms with Gasteiger partial charge in [-0.15, -0.1) is 0 Å². The number of rotatable bonds is 1. The van der Waals surface area contributed by atoms with E-state index in [1.165, 1.54) is 6.07 Å². The number of hydrogen-bond acceptors (Lipinski definition) is 1. The maximum Gasteiger partial charge on any atom is 0.416 e. The van der Waals surface area contributed by atoms with Crippen LogP contribution in [0.3, 0.4) is 0 Å². The van der Waals surface area contributed by atoms with Gasteiger partial charge in [0.25, 0.3) is 0 Å². The molecule has 0 heterocycles. The zero-order chi connectivity index (χ0) is 10.8. The Labute approximate surface area is 77.6 Å². The van der Waals surface area contributed by atoms with E-state index < -0.39 is 17.9 Å². The lowest BCUT2D eigenvalue weighted by Crippen LogP contribution is -2.04. The fourth-order valence-corrected chi connectivity index (χ4v) is 0.916. The van der Waals surface area contributed by atoms with E-state index in [0.717, 1.165) is 24.3 Å². The molecule has 5 heteroatoms. The molecule has 0 saturated heterocycles. The van der Waals surface area contributed by atoms with Gasteiger partial charge in [-0.3, -0.25) is 0 Å². The molecule has 0 N–H and O–H groups in total. The third-order valence-electron chi connectivity index (χ3n) is 1.64. The average Bonchev–Trinajstić information content (AvgIpc) is 2.15. The van der Waals surface area contributed by atoms with Gasteiger partial charge in [-0.1, -0.05) is 12.1 Å². The average molecular weight is 203 g/mol. The van der Waals surface area contributed by atoms with E-state index in [1.807, 2.05) is 0 Å².